The van der Waals surface area contributed by atoms with Gasteiger partial charge in [-0.2, -0.15) is 4.39 Å². The highest BCUT2D eigenvalue weighted by Crippen LogP contribution is 2.29. The number of nitrogens with two attached hydrogens (primary N) is 1. The van der Waals surface area contributed by atoms with Gasteiger partial charge in [-0.05, 0) is 24.3 Å². The molecule has 0 saturated heterocycles. The second-order valence-electron chi connectivity index (χ2n) is 3.69. The van der Waals surface area contributed by atoms with Crippen molar-refractivity contribution >= 4 is 40.5 Å². The summed E-state index contributed by atoms with van der Waals surface area (Å²) in [7, 11) is 0. The van der Waals surface area contributed by atoms with Gasteiger partial charge in [0, 0.05) is 5.56 Å². The van der Waals surface area contributed by atoms with E-state index in [4.69, 9.17) is 28.9 Å². The van der Waals surface area contributed by atoms with Crippen LogP contribution in [0.4, 0.5) is 15.8 Å². The highest BCUT2D eigenvalue weighted by Gasteiger charge is 2.11. The lowest BCUT2D eigenvalue weighted by Crippen LogP contribution is -2.12. The van der Waals surface area contributed by atoms with E-state index < -0.39 is 11.9 Å². The molecule has 0 bridgehead atoms. The van der Waals surface area contributed by atoms with Crippen LogP contribution >= 0.6 is 23.2 Å². The minimum Gasteiger partial charge on any atom is -0.397 e. The van der Waals surface area contributed by atoms with Gasteiger partial charge < -0.3 is 11.1 Å². The predicted molar refractivity (Wildman–Crippen MR) is 73.0 cm³/mol. The zero-order valence-electron chi connectivity index (χ0n) is 9.45. The van der Waals surface area contributed by atoms with Crippen LogP contribution in [0.2, 0.25) is 10.0 Å². The van der Waals surface area contributed by atoms with Gasteiger partial charge in [-0.1, -0.05) is 23.2 Å². The standard InChI is InChI=1S/C12H8Cl2FN3O/c13-8-3-6(4-9(16)11(8)14)12(19)18-7-1-2-10(15)17-5-7/h1-5H,16H2,(H,18,19). The second kappa shape index (κ2) is 5.42. The Morgan fingerprint density at radius 2 is 2.05 bits per heavy atom. The maximum absolute atomic E-state index is 12.6. The fraction of sp³-hybridized carbons (Fsp3) is 0. The van der Waals surface area contributed by atoms with E-state index in [0.717, 1.165) is 6.07 Å². The summed E-state index contributed by atoms with van der Waals surface area (Å²) >= 11 is 11.6. The monoisotopic (exact) mass is 299 g/mol. The SMILES string of the molecule is Nc1cc(C(=O)Nc2ccc(F)nc2)cc(Cl)c1Cl. The molecule has 98 valence electrons. The maximum Gasteiger partial charge on any atom is 0.255 e. The van der Waals surface area contributed by atoms with Crippen LogP contribution in [-0.4, -0.2) is 10.9 Å². The number of nitrogens with zero attached hydrogens (tertiary/aromatic N) is 1. The lowest BCUT2D eigenvalue weighted by atomic mass is 10.2. The molecule has 0 unspecified atom stereocenters. The summed E-state index contributed by atoms with van der Waals surface area (Å²) in [6.45, 7) is 0. The quantitative estimate of drug-likeness (QED) is 0.660. The Kier molecular flexibility index (Phi) is 3.87. The molecule has 3 N–H and O–H groups in total. The smallest absolute Gasteiger partial charge is 0.255 e. The van der Waals surface area contributed by atoms with Crippen LogP contribution in [-0.2, 0) is 0 Å². The molecule has 0 fully saturated rings. The first-order valence-corrected chi connectivity index (χ1v) is 5.90. The highest BCUT2D eigenvalue weighted by atomic mass is 35.5. The molecule has 0 radical (unpaired) electrons. The Morgan fingerprint density at radius 1 is 1.32 bits per heavy atom. The number of benzene rings is 1. The van der Waals surface area contributed by atoms with Gasteiger partial charge in [-0.15, -0.1) is 0 Å². The molecule has 19 heavy (non-hydrogen) atoms. The van der Waals surface area contributed by atoms with Gasteiger partial charge in [0.25, 0.3) is 5.91 Å². The van der Waals surface area contributed by atoms with Crippen LogP contribution in [0.25, 0.3) is 0 Å². The lowest BCUT2D eigenvalue weighted by molar-refractivity contribution is 0.102. The van der Waals surface area contributed by atoms with Crippen molar-refractivity contribution in [2.75, 3.05) is 11.1 Å². The van der Waals surface area contributed by atoms with E-state index in [1.807, 2.05) is 0 Å². The molecular formula is C12H8Cl2FN3O. The van der Waals surface area contributed by atoms with Gasteiger partial charge >= 0.3 is 0 Å². The summed E-state index contributed by atoms with van der Waals surface area (Å²) in [5, 5.41) is 2.91. The molecule has 0 aliphatic carbocycles. The molecule has 0 saturated carbocycles. The van der Waals surface area contributed by atoms with E-state index in [1.54, 1.807) is 0 Å². The predicted octanol–water partition coefficient (Wildman–Crippen LogP) is 3.36. The summed E-state index contributed by atoms with van der Waals surface area (Å²) in [6.07, 6.45) is 1.20. The van der Waals surface area contributed by atoms with E-state index in [9.17, 15) is 9.18 Å². The Labute approximate surface area is 118 Å². The van der Waals surface area contributed by atoms with Crippen molar-refractivity contribution in [2.45, 2.75) is 0 Å². The first-order valence-electron chi connectivity index (χ1n) is 5.15. The number of nitrogen functional groups attached to an aromatic ring is 1. The third kappa shape index (κ3) is 3.13. The number of halogens is 3. The van der Waals surface area contributed by atoms with Crippen molar-refractivity contribution in [3.05, 3.63) is 52.0 Å². The molecular weight excluding hydrogens is 292 g/mol. The highest BCUT2D eigenvalue weighted by molar-refractivity contribution is 6.44. The number of pyridine rings is 1. The van der Waals surface area contributed by atoms with E-state index in [2.05, 4.69) is 10.3 Å². The zero-order chi connectivity index (χ0) is 14.0. The lowest BCUT2D eigenvalue weighted by Gasteiger charge is -2.07. The van der Waals surface area contributed by atoms with Gasteiger partial charge in [0.15, 0.2) is 0 Å². The number of hydrogen-bond acceptors (Lipinski definition) is 3. The minimum atomic E-state index is -0.628. The van der Waals surface area contributed by atoms with Crippen molar-refractivity contribution in [2.24, 2.45) is 0 Å². The van der Waals surface area contributed by atoms with Gasteiger partial charge in [0.05, 0.1) is 27.6 Å². The Bertz CT molecular complexity index is 608. The van der Waals surface area contributed by atoms with Crippen LogP contribution in [0, 0.1) is 5.95 Å². The minimum absolute atomic E-state index is 0.184. The molecule has 7 heteroatoms. The number of amides is 1. The van der Waals surface area contributed by atoms with Crippen molar-refractivity contribution in [3.8, 4) is 0 Å². The summed E-state index contributed by atoms with van der Waals surface area (Å²) in [5.41, 5.74) is 6.42. The van der Waals surface area contributed by atoms with Crippen molar-refractivity contribution in [1.29, 1.82) is 0 Å². The number of carbonyl (C=O) groups is 1. The number of hydrogen-bond donors (Lipinski definition) is 2. The molecule has 1 aromatic carbocycles. The summed E-state index contributed by atoms with van der Waals surface area (Å²) in [4.78, 5) is 15.3. The Hall–Kier alpha value is -1.85. The molecule has 1 aromatic heterocycles. The number of nitrogens with one attached hydrogen (secondary N) is 1. The number of rotatable bonds is 2. The summed E-state index contributed by atoms with van der Waals surface area (Å²) < 4.78 is 12.6. The van der Waals surface area contributed by atoms with E-state index in [0.29, 0.717) is 5.69 Å². The van der Waals surface area contributed by atoms with Crippen LogP contribution in [0.1, 0.15) is 10.4 Å². The van der Waals surface area contributed by atoms with E-state index >= 15 is 0 Å². The topological polar surface area (TPSA) is 68.0 Å². The van der Waals surface area contributed by atoms with E-state index in [1.165, 1.54) is 24.4 Å². The first-order chi connectivity index (χ1) is 8.97. The average Bonchev–Trinajstić information content (AvgIpc) is 2.38. The van der Waals surface area contributed by atoms with Gasteiger partial charge in [-0.3, -0.25) is 4.79 Å². The van der Waals surface area contributed by atoms with Gasteiger partial charge in [-0.25, -0.2) is 4.98 Å². The normalized spacial score (nSPS) is 10.3. The maximum atomic E-state index is 12.6. The fourth-order valence-corrected chi connectivity index (χ4v) is 1.73. The van der Waals surface area contributed by atoms with Crippen LogP contribution < -0.4 is 11.1 Å². The average molecular weight is 300 g/mol. The number of aromatic nitrogens is 1. The van der Waals surface area contributed by atoms with Crippen LogP contribution in [0.3, 0.4) is 0 Å². The van der Waals surface area contributed by atoms with Crippen molar-refractivity contribution in [3.63, 3.8) is 0 Å². The molecule has 2 rings (SSSR count). The molecule has 1 heterocycles. The van der Waals surface area contributed by atoms with Crippen LogP contribution in [0.5, 0.6) is 0 Å². The molecule has 4 nitrogen and oxygen atoms in total. The number of carbonyl (C=O) groups excluding carboxylic acids is 1. The number of anilines is 2. The van der Waals surface area contributed by atoms with Crippen molar-refractivity contribution < 1.29 is 9.18 Å². The Morgan fingerprint density at radius 3 is 2.63 bits per heavy atom. The molecule has 1 amide bonds. The molecule has 0 spiro atoms. The fourth-order valence-electron chi connectivity index (χ4n) is 1.39. The second-order valence-corrected chi connectivity index (χ2v) is 4.47. The molecule has 0 aliphatic rings. The molecule has 0 aliphatic heterocycles. The Balaban J connectivity index is 2.23. The third-order valence-corrected chi connectivity index (χ3v) is 3.12. The van der Waals surface area contributed by atoms with Gasteiger partial charge in [0.1, 0.15) is 0 Å². The third-order valence-electron chi connectivity index (χ3n) is 2.30. The zero-order valence-corrected chi connectivity index (χ0v) is 11.0. The first kappa shape index (κ1) is 13.6. The van der Waals surface area contributed by atoms with Gasteiger partial charge in [0.2, 0.25) is 5.95 Å². The largest absolute Gasteiger partial charge is 0.397 e. The molecule has 0 atom stereocenters. The molecule has 2 aromatic rings. The van der Waals surface area contributed by atoms with E-state index in [-0.39, 0.29) is 21.3 Å². The van der Waals surface area contributed by atoms with Crippen molar-refractivity contribution in [1.82, 2.24) is 4.98 Å². The van der Waals surface area contributed by atoms with Crippen LogP contribution in [0.15, 0.2) is 30.5 Å². The summed E-state index contributed by atoms with van der Waals surface area (Å²) in [5.74, 6) is -1.07. The summed E-state index contributed by atoms with van der Waals surface area (Å²) in [6, 6.07) is 5.33.